The molecule has 1 heterocycles. The lowest BCUT2D eigenvalue weighted by Gasteiger charge is -2.32. The number of likely N-dealkylation sites (tertiary alicyclic amines) is 1. The van der Waals surface area contributed by atoms with Crippen molar-refractivity contribution in [2.45, 2.75) is 32.1 Å². The largest absolute Gasteiger partial charge is 0.330 e. The number of nitrogens with zero attached hydrogens (tertiary/aromatic N) is 1. The molecule has 1 saturated heterocycles. The van der Waals surface area contributed by atoms with Crippen molar-refractivity contribution in [3.8, 4) is 0 Å². The molecule has 2 N–H and O–H groups in total. The molecule has 0 aromatic rings. The summed E-state index contributed by atoms with van der Waals surface area (Å²) < 4.78 is 0. The lowest BCUT2D eigenvalue weighted by atomic mass is 9.93. The summed E-state index contributed by atoms with van der Waals surface area (Å²) in [6, 6.07) is 0. The summed E-state index contributed by atoms with van der Waals surface area (Å²) in [5, 5.41) is 0. The first-order valence-electron chi connectivity index (χ1n) is 6.66. The van der Waals surface area contributed by atoms with E-state index in [9.17, 15) is 0 Å². The molecule has 1 aliphatic carbocycles. The monoisotopic (exact) mass is 220 g/mol. The van der Waals surface area contributed by atoms with Crippen molar-refractivity contribution < 1.29 is 0 Å². The normalized spacial score (nSPS) is 23.4. The van der Waals surface area contributed by atoms with Crippen LogP contribution in [0.3, 0.4) is 0 Å². The molecule has 1 aliphatic heterocycles. The minimum absolute atomic E-state index is 0.860. The molecule has 0 radical (unpaired) electrons. The fourth-order valence-electron chi connectivity index (χ4n) is 2.71. The van der Waals surface area contributed by atoms with Gasteiger partial charge in [0.2, 0.25) is 0 Å². The van der Waals surface area contributed by atoms with Crippen LogP contribution >= 0.6 is 0 Å². The summed E-state index contributed by atoms with van der Waals surface area (Å²) in [5.41, 5.74) is 7.13. The van der Waals surface area contributed by atoms with E-state index >= 15 is 0 Å². The van der Waals surface area contributed by atoms with Gasteiger partial charge in [-0.1, -0.05) is 18.2 Å². The Hall–Kier alpha value is -0.600. The van der Waals surface area contributed by atoms with Crippen molar-refractivity contribution in [1.82, 2.24) is 4.90 Å². The number of rotatable bonds is 4. The third kappa shape index (κ3) is 3.46. The number of hydrogen-bond donors (Lipinski definition) is 1. The highest BCUT2D eigenvalue weighted by Gasteiger charge is 2.18. The molecule has 0 amide bonds. The number of hydrogen-bond acceptors (Lipinski definition) is 2. The summed E-state index contributed by atoms with van der Waals surface area (Å²) in [4.78, 5) is 2.59. The van der Waals surface area contributed by atoms with Crippen LogP contribution in [0.5, 0.6) is 0 Å². The Morgan fingerprint density at radius 3 is 2.69 bits per heavy atom. The first-order valence-corrected chi connectivity index (χ1v) is 6.66. The molecule has 0 spiro atoms. The quantitative estimate of drug-likeness (QED) is 0.788. The van der Waals surface area contributed by atoms with Gasteiger partial charge in [0, 0.05) is 6.54 Å². The van der Waals surface area contributed by atoms with Gasteiger partial charge in [0.05, 0.1) is 0 Å². The van der Waals surface area contributed by atoms with Crippen LogP contribution in [0.2, 0.25) is 0 Å². The second kappa shape index (κ2) is 6.21. The molecule has 90 valence electrons. The summed E-state index contributed by atoms with van der Waals surface area (Å²) in [7, 11) is 0. The highest BCUT2D eigenvalue weighted by Crippen LogP contribution is 2.21. The maximum atomic E-state index is 5.61. The van der Waals surface area contributed by atoms with Gasteiger partial charge in [-0.25, -0.2) is 0 Å². The molecule has 2 nitrogen and oxygen atoms in total. The fraction of sp³-hybridized carbons (Fsp3) is 0.714. The number of nitrogens with two attached hydrogens (primary N) is 1. The molecule has 2 rings (SSSR count). The second-order valence-corrected chi connectivity index (χ2v) is 5.06. The van der Waals surface area contributed by atoms with Gasteiger partial charge in [-0.2, -0.15) is 0 Å². The molecule has 1 fully saturated rings. The van der Waals surface area contributed by atoms with Gasteiger partial charge < -0.3 is 5.73 Å². The Morgan fingerprint density at radius 2 is 2.06 bits per heavy atom. The van der Waals surface area contributed by atoms with E-state index in [1.54, 1.807) is 0 Å². The third-order valence-electron chi connectivity index (χ3n) is 3.76. The van der Waals surface area contributed by atoms with Crippen molar-refractivity contribution in [2.24, 2.45) is 11.7 Å². The number of piperidine rings is 1. The second-order valence-electron chi connectivity index (χ2n) is 5.06. The van der Waals surface area contributed by atoms with E-state index in [0.717, 1.165) is 19.0 Å². The van der Waals surface area contributed by atoms with Crippen LogP contribution in [0.15, 0.2) is 23.8 Å². The molecule has 0 bridgehead atoms. The SMILES string of the molecule is NCCC1CCN(CC2=CCCC=C2)CC1. The lowest BCUT2D eigenvalue weighted by Crippen LogP contribution is -2.35. The molecule has 0 unspecified atom stereocenters. The van der Waals surface area contributed by atoms with E-state index in [2.05, 4.69) is 23.1 Å². The van der Waals surface area contributed by atoms with Crippen molar-refractivity contribution >= 4 is 0 Å². The van der Waals surface area contributed by atoms with Crippen LogP contribution < -0.4 is 5.73 Å². The Balaban J connectivity index is 1.72. The zero-order valence-electron chi connectivity index (χ0n) is 10.2. The van der Waals surface area contributed by atoms with Crippen molar-refractivity contribution in [3.05, 3.63) is 23.8 Å². The maximum absolute atomic E-state index is 5.61. The highest BCUT2D eigenvalue weighted by molar-refractivity contribution is 5.23. The fourth-order valence-corrected chi connectivity index (χ4v) is 2.71. The van der Waals surface area contributed by atoms with Crippen LogP contribution in [0.25, 0.3) is 0 Å². The molecular weight excluding hydrogens is 196 g/mol. The molecular formula is C14H24N2. The van der Waals surface area contributed by atoms with Gasteiger partial charge in [-0.05, 0) is 63.2 Å². The molecule has 16 heavy (non-hydrogen) atoms. The van der Waals surface area contributed by atoms with Crippen molar-refractivity contribution in [2.75, 3.05) is 26.2 Å². The zero-order chi connectivity index (χ0) is 11.2. The molecule has 2 aliphatic rings. The Morgan fingerprint density at radius 1 is 1.25 bits per heavy atom. The Bertz CT molecular complexity index is 260. The zero-order valence-corrected chi connectivity index (χ0v) is 10.2. The predicted octanol–water partition coefficient (Wildman–Crippen LogP) is 2.32. The van der Waals surface area contributed by atoms with E-state index in [1.165, 1.54) is 50.8 Å². The minimum atomic E-state index is 0.860. The summed E-state index contributed by atoms with van der Waals surface area (Å²) >= 11 is 0. The molecule has 2 heteroatoms. The minimum Gasteiger partial charge on any atom is -0.330 e. The summed E-state index contributed by atoms with van der Waals surface area (Å²) in [6.07, 6.45) is 13.4. The van der Waals surface area contributed by atoms with Gasteiger partial charge in [0.25, 0.3) is 0 Å². The Kier molecular flexibility index (Phi) is 4.61. The van der Waals surface area contributed by atoms with Gasteiger partial charge >= 0.3 is 0 Å². The van der Waals surface area contributed by atoms with Gasteiger partial charge in [0.15, 0.2) is 0 Å². The van der Waals surface area contributed by atoms with Crippen LogP contribution in [-0.4, -0.2) is 31.1 Å². The smallest absolute Gasteiger partial charge is 0.0230 e. The first kappa shape index (κ1) is 11.9. The van der Waals surface area contributed by atoms with Gasteiger partial charge in [-0.15, -0.1) is 0 Å². The van der Waals surface area contributed by atoms with Gasteiger partial charge in [0.1, 0.15) is 0 Å². The average molecular weight is 220 g/mol. The summed E-state index contributed by atoms with van der Waals surface area (Å²) in [6.45, 7) is 4.54. The topological polar surface area (TPSA) is 29.3 Å². The third-order valence-corrected chi connectivity index (χ3v) is 3.76. The summed E-state index contributed by atoms with van der Waals surface area (Å²) in [5.74, 6) is 0.886. The van der Waals surface area contributed by atoms with Crippen LogP contribution in [0.4, 0.5) is 0 Å². The highest BCUT2D eigenvalue weighted by atomic mass is 15.1. The van der Waals surface area contributed by atoms with Crippen LogP contribution in [-0.2, 0) is 0 Å². The number of allylic oxidation sites excluding steroid dienone is 2. The van der Waals surface area contributed by atoms with E-state index in [-0.39, 0.29) is 0 Å². The van der Waals surface area contributed by atoms with Crippen molar-refractivity contribution in [3.63, 3.8) is 0 Å². The van der Waals surface area contributed by atoms with Crippen molar-refractivity contribution in [1.29, 1.82) is 0 Å². The van der Waals surface area contributed by atoms with Crippen LogP contribution in [0.1, 0.15) is 32.1 Å². The standard InChI is InChI=1S/C14H24N2/c15-9-6-13-7-10-16(11-8-13)12-14-4-2-1-3-5-14/h2,4-5,13H,1,3,6-12,15H2. The molecule has 0 saturated carbocycles. The van der Waals surface area contributed by atoms with E-state index in [4.69, 9.17) is 5.73 Å². The Labute approximate surface area is 99.2 Å². The van der Waals surface area contributed by atoms with Crippen LogP contribution in [0, 0.1) is 5.92 Å². The van der Waals surface area contributed by atoms with Gasteiger partial charge in [-0.3, -0.25) is 4.90 Å². The van der Waals surface area contributed by atoms with E-state index in [0.29, 0.717) is 0 Å². The molecule has 0 aromatic heterocycles. The first-order chi connectivity index (χ1) is 7.88. The van der Waals surface area contributed by atoms with E-state index in [1.807, 2.05) is 0 Å². The lowest BCUT2D eigenvalue weighted by molar-refractivity contribution is 0.193. The molecule has 0 atom stereocenters. The molecule has 0 aromatic carbocycles. The maximum Gasteiger partial charge on any atom is 0.0230 e. The predicted molar refractivity (Wildman–Crippen MR) is 69.3 cm³/mol. The van der Waals surface area contributed by atoms with E-state index < -0.39 is 0 Å². The average Bonchev–Trinajstić information content (AvgIpc) is 2.33.